The Bertz CT molecular complexity index is 838. The Balaban J connectivity index is 2.19. The molecule has 0 atom stereocenters. The average molecular weight is 327 g/mol. The third kappa shape index (κ3) is 4.31. The summed E-state index contributed by atoms with van der Waals surface area (Å²) in [7, 11) is 0. The van der Waals surface area contributed by atoms with E-state index in [-0.39, 0.29) is 11.3 Å². The zero-order valence-corrected chi connectivity index (χ0v) is 13.0. The molecule has 2 N–H and O–H groups in total. The fourth-order valence-electron chi connectivity index (χ4n) is 1.97. The van der Waals surface area contributed by atoms with Crippen LogP contribution in [0.1, 0.15) is 10.4 Å². The highest BCUT2D eigenvalue weighted by atomic mass is 35.5. The molecule has 2 aromatic rings. The van der Waals surface area contributed by atoms with Gasteiger partial charge in [0.2, 0.25) is 0 Å². The summed E-state index contributed by atoms with van der Waals surface area (Å²) in [6.07, 6.45) is 4.46. The van der Waals surface area contributed by atoms with Gasteiger partial charge in [0.15, 0.2) is 0 Å². The number of hydrogen-bond donors (Lipinski definition) is 2. The lowest BCUT2D eigenvalue weighted by Crippen LogP contribution is -2.17. The van der Waals surface area contributed by atoms with Crippen molar-refractivity contribution in [3.8, 4) is 5.75 Å². The number of hydrazone groups is 1. The maximum absolute atomic E-state index is 12.1. The number of carbonyl (C=O) groups excluding carboxylic acids is 1. The van der Waals surface area contributed by atoms with E-state index in [1.54, 1.807) is 18.2 Å². The highest BCUT2D eigenvalue weighted by molar-refractivity contribution is 6.31. The van der Waals surface area contributed by atoms with Crippen LogP contribution in [0.3, 0.4) is 0 Å². The molecule has 4 nitrogen and oxygen atoms in total. The lowest BCUT2D eigenvalue weighted by molar-refractivity contribution is 0.0952. The van der Waals surface area contributed by atoms with Crippen molar-refractivity contribution in [2.75, 3.05) is 0 Å². The van der Waals surface area contributed by atoms with Crippen LogP contribution in [0.25, 0.3) is 10.8 Å². The first kappa shape index (κ1) is 16.5. The molecule has 0 aliphatic carbocycles. The van der Waals surface area contributed by atoms with Gasteiger partial charge in [0, 0.05) is 5.03 Å². The Morgan fingerprint density at radius 3 is 2.52 bits per heavy atom. The molecule has 0 aromatic heterocycles. The maximum Gasteiger partial charge on any atom is 0.275 e. The third-order valence-electron chi connectivity index (χ3n) is 3.05. The molecule has 0 fully saturated rings. The zero-order chi connectivity index (χ0) is 16.8. The highest BCUT2D eigenvalue weighted by Crippen LogP contribution is 2.24. The molecule has 0 bridgehead atoms. The van der Waals surface area contributed by atoms with Gasteiger partial charge in [-0.2, -0.15) is 5.10 Å². The summed E-state index contributed by atoms with van der Waals surface area (Å²) in [4.78, 5) is 12.1. The van der Waals surface area contributed by atoms with Crippen molar-refractivity contribution in [1.82, 2.24) is 5.43 Å². The second-order valence-corrected chi connectivity index (χ2v) is 5.20. The van der Waals surface area contributed by atoms with Crippen LogP contribution in [0.5, 0.6) is 5.75 Å². The van der Waals surface area contributed by atoms with Crippen LogP contribution in [0.4, 0.5) is 0 Å². The average Bonchev–Trinajstić information content (AvgIpc) is 2.52. The van der Waals surface area contributed by atoms with Crippen molar-refractivity contribution in [2.45, 2.75) is 0 Å². The topological polar surface area (TPSA) is 61.7 Å². The highest BCUT2D eigenvalue weighted by Gasteiger charge is 2.11. The van der Waals surface area contributed by atoms with Gasteiger partial charge in [0.05, 0.1) is 11.8 Å². The molecule has 1 amide bonds. The van der Waals surface area contributed by atoms with Crippen molar-refractivity contribution in [1.29, 1.82) is 0 Å². The predicted molar refractivity (Wildman–Crippen MR) is 94.8 cm³/mol. The van der Waals surface area contributed by atoms with Crippen LogP contribution < -0.4 is 5.43 Å². The van der Waals surface area contributed by atoms with Gasteiger partial charge < -0.3 is 5.11 Å². The van der Waals surface area contributed by atoms with Crippen molar-refractivity contribution in [2.24, 2.45) is 5.10 Å². The zero-order valence-electron chi connectivity index (χ0n) is 12.3. The smallest absolute Gasteiger partial charge is 0.275 e. The van der Waals surface area contributed by atoms with Crippen LogP contribution in [-0.2, 0) is 0 Å². The van der Waals surface area contributed by atoms with Gasteiger partial charge >= 0.3 is 0 Å². The summed E-state index contributed by atoms with van der Waals surface area (Å²) in [6.45, 7) is 7.14. The molecular formula is C18H15ClN2O2. The molecule has 23 heavy (non-hydrogen) atoms. The molecule has 0 saturated carbocycles. The summed E-state index contributed by atoms with van der Waals surface area (Å²) in [5, 5.41) is 15.8. The van der Waals surface area contributed by atoms with Gasteiger partial charge in [0.1, 0.15) is 5.75 Å². The Morgan fingerprint density at radius 1 is 1.26 bits per heavy atom. The van der Waals surface area contributed by atoms with Gasteiger partial charge in [-0.1, -0.05) is 55.1 Å². The molecule has 0 aliphatic heterocycles. The molecule has 0 spiro atoms. The molecule has 0 saturated heterocycles. The van der Waals surface area contributed by atoms with Crippen LogP contribution in [0.2, 0.25) is 0 Å². The van der Waals surface area contributed by atoms with Crippen LogP contribution in [0.15, 0.2) is 77.4 Å². The van der Waals surface area contributed by atoms with E-state index in [4.69, 9.17) is 11.6 Å². The number of carbonyl (C=O) groups is 1. The number of benzene rings is 2. The van der Waals surface area contributed by atoms with Crippen molar-refractivity contribution < 1.29 is 9.90 Å². The Labute approximate surface area is 139 Å². The summed E-state index contributed by atoms with van der Waals surface area (Å²) in [6, 6.07) is 10.6. The van der Waals surface area contributed by atoms with Crippen molar-refractivity contribution in [3.05, 3.63) is 77.9 Å². The molecule has 2 rings (SSSR count). The minimum atomic E-state index is -0.516. The lowest BCUT2D eigenvalue weighted by atomic mass is 10.1. The van der Waals surface area contributed by atoms with Gasteiger partial charge in [-0.25, -0.2) is 5.43 Å². The molecular weight excluding hydrogens is 312 g/mol. The quantitative estimate of drug-likeness (QED) is 0.493. The third-order valence-corrected chi connectivity index (χ3v) is 3.16. The minimum Gasteiger partial charge on any atom is -0.507 e. The normalized spacial score (nSPS) is 11.6. The molecule has 0 heterocycles. The first-order valence-electron chi connectivity index (χ1n) is 6.75. The largest absolute Gasteiger partial charge is 0.507 e. The molecule has 2 aromatic carbocycles. The second-order valence-electron chi connectivity index (χ2n) is 4.71. The number of phenolic OH excluding ortho intramolecular Hbond substituents is 1. The van der Waals surface area contributed by atoms with E-state index in [1.807, 2.05) is 24.3 Å². The molecule has 0 radical (unpaired) electrons. The first-order valence-corrected chi connectivity index (χ1v) is 7.13. The van der Waals surface area contributed by atoms with Crippen LogP contribution in [-0.4, -0.2) is 17.2 Å². The van der Waals surface area contributed by atoms with E-state index in [0.717, 1.165) is 10.8 Å². The number of rotatable bonds is 5. The van der Waals surface area contributed by atoms with E-state index < -0.39 is 5.91 Å². The number of nitrogens with zero attached hydrogens (tertiary/aromatic N) is 1. The fourth-order valence-corrected chi connectivity index (χ4v) is 2.09. The second kappa shape index (κ2) is 7.42. The SMILES string of the molecule is C=CC(/C=N/NC(=O)c1cc2ccccc2cc1O)=C\C(=C)Cl. The summed E-state index contributed by atoms with van der Waals surface area (Å²) < 4.78 is 0. The Hall–Kier alpha value is -2.85. The van der Waals surface area contributed by atoms with E-state index in [9.17, 15) is 9.90 Å². The number of allylic oxidation sites excluding steroid dienone is 4. The van der Waals surface area contributed by atoms with E-state index >= 15 is 0 Å². The number of amides is 1. The number of halogens is 1. The van der Waals surface area contributed by atoms with Gasteiger partial charge in [-0.3, -0.25) is 4.79 Å². The fraction of sp³-hybridized carbons (Fsp3) is 0. The molecule has 5 heteroatoms. The first-order chi connectivity index (χ1) is 11.0. The number of fused-ring (bicyclic) bond motifs is 1. The van der Waals surface area contributed by atoms with Gasteiger partial charge in [0.25, 0.3) is 5.91 Å². The molecule has 0 aliphatic rings. The van der Waals surface area contributed by atoms with Crippen molar-refractivity contribution >= 4 is 34.5 Å². The number of nitrogens with one attached hydrogen (secondary N) is 1. The Kier molecular flexibility index (Phi) is 5.33. The van der Waals surface area contributed by atoms with Crippen LogP contribution in [0, 0.1) is 0 Å². The van der Waals surface area contributed by atoms with Crippen LogP contribution >= 0.6 is 11.6 Å². The minimum absolute atomic E-state index is 0.106. The maximum atomic E-state index is 12.1. The number of aromatic hydroxyl groups is 1. The molecule has 116 valence electrons. The number of hydrogen-bond acceptors (Lipinski definition) is 3. The summed E-state index contributed by atoms with van der Waals surface area (Å²) >= 11 is 5.66. The van der Waals surface area contributed by atoms with E-state index in [2.05, 4.69) is 23.7 Å². The number of phenols is 1. The Morgan fingerprint density at radius 2 is 1.91 bits per heavy atom. The summed E-state index contributed by atoms with van der Waals surface area (Å²) in [5.74, 6) is -0.623. The monoisotopic (exact) mass is 326 g/mol. The van der Waals surface area contributed by atoms with Gasteiger partial charge in [-0.15, -0.1) is 0 Å². The van der Waals surface area contributed by atoms with Crippen molar-refractivity contribution in [3.63, 3.8) is 0 Å². The standard InChI is InChI=1S/C18H15ClN2O2/c1-3-13(8-12(2)19)11-20-21-18(23)16-9-14-6-4-5-7-15(14)10-17(16)22/h3-11,22H,1-2H2,(H,21,23)/b13-8+,20-11+. The van der Waals surface area contributed by atoms with E-state index in [0.29, 0.717) is 10.6 Å². The van der Waals surface area contributed by atoms with Gasteiger partial charge in [-0.05, 0) is 34.6 Å². The predicted octanol–water partition coefficient (Wildman–Crippen LogP) is 4.13. The molecule has 0 unspecified atom stereocenters. The lowest BCUT2D eigenvalue weighted by Gasteiger charge is -2.05. The summed E-state index contributed by atoms with van der Waals surface area (Å²) in [5.41, 5.74) is 3.09. The van der Waals surface area contributed by atoms with E-state index in [1.165, 1.54) is 12.3 Å².